The number of thiophene rings is 1. The predicted octanol–water partition coefficient (Wildman–Crippen LogP) is 3.87. The predicted molar refractivity (Wildman–Crippen MR) is 96.0 cm³/mol. The van der Waals surface area contributed by atoms with Crippen LogP contribution in [0.2, 0.25) is 0 Å². The number of rotatable bonds is 6. The lowest BCUT2D eigenvalue weighted by atomic mass is 10.2. The van der Waals surface area contributed by atoms with Crippen molar-refractivity contribution in [2.75, 3.05) is 6.54 Å². The third kappa shape index (κ3) is 5.13. The van der Waals surface area contributed by atoms with Crippen LogP contribution in [0.25, 0.3) is 0 Å². The molecule has 0 radical (unpaired) electrons. The summed E-state index contributed by atoms with van der Waals surface area (Å²) in [7, 11) is 0. The van der Waals surface area contributed by atoms with Crippen LogP contribution in [0.3, 0.4) is 0 Å². The minimum atomic E-state index is 0.565. The molecule has 23 heavy (non-hydrogen) atoms. The summed E-state index contributed by atoms with van der Waals surface area (Å²) in [5.74, 6) is 1.93. The van der Waals surface area contributed by atoms with Gasteiger partial charge in [-0.1, -0.05) is 12.8 Å². The summed E-state index contributed by atoms with van der Waals surface area (Å²) < 4.78 is 5.38. The average molecular weight is 331 g/mol. The maximum atomic E-state index is 5.38. The number of aryl methyl sites for hydroxylation is 1. The quantitative estimate of drug-likeness (QED) is 0.624. The van der Waals surface area contributed by atoms with Crippen LogP contribution in [-0.2, 0) is 13.0 Å². The molecule has 0 aromatic carbocycles. The van der Waals surface area contributed by atoms with Crippen molar-refractivity contribution in [3.63, 3.8) is 0 Å². The molecule has 0 saturated heterocycles. The van der Waals surface area contributed by atoms with Gasteiger partial charge < -0.3 is 15.1 Å². The Kier molecular flexibility index (Phi) is 5.75. The molecule has 2 aromatic rings. The van der Waals surface area contributed by atoms with Crippen LogP contribution < -0.4 is 10.6 Å². The number of hydrogen-bond acceptors (Lipinski definition) is 3. The van der Waals surface area contributed by atoms with Gasteiger partial charge in [0.2, 0.25) is 0 Å². The monoisotopic (exact) mass is 331 g/mol. The smallest absolute Gasteiger partial charge is 0.191 e. The van der Waals surface area contributed by atoms with Gasteiger partial charge in [-0.05, 0) is 44.0 Å². The van der Waals surface area contributed by atoms with Crippen LogP contribution in [0, 0.1) is 6.92 Å². The largest absolute Gasteiger partial charge is 0.469 e. The number of aliphatic imine (C=N–C) groups is 1. The molecule has 1 aliphatic rings. The van der Waals surface area contributed by atoms with Crippen molar-refractivity contribution in [1.82, 2.24) is 10.6 Å². The lowest BCUT2D eigenvalue weighted by molar-refractivity contribution is 0.506. The standard InChI is InChI=1S/C18H25N3OS/c1-14-8-9-17(23-14)13-20-18(21-15-5-2-3-6-15)19-11-10-16-7-4-12-22-16/h4,7-9,12,15H,2-3,5-6,10-11,13H2,1H3,(H2,19,20,21). The molecule has 1 aliphatic carbocycles. The highest BCUT2D eigenvalue weighted by Gasteiger charge is 2.16. The van der Waals surface area contributed by atoms with Gasteiger partial charge in [-0.2, -0.15) is 0 Å². The van der Waals surface area contributed by atoms with Gasteiger partial charge in [0.1, 0.15) is 5.76 Å². The first-order valence-electron chi connectivity index (χ1n) is 8.42. The maximum absolute atomic E-state index is 5.38. The summed E-state index contributed by atoms with van der Waals surface area (Å²) >= 11 is 1.82. The van der Waals surface area contributed by atoms with Gasteiger partial charge in [-0.25, -0.2) is 4.99 Å². The van der Waals surface area contributed by atoms with E-state index in [0.29, 0.717) is 6.04 Å². The molecule has 124 valence electrons. The van der Waals surface area contributed by atoms with Crippen molar-refractivity contribution in [2.24, 2.45) is 4.99 Å². The van der Waals surface area contributed by atoms with E-state index in [2.05, 4.69) is 29.7 Å². The SMILES string of the molecule is Cc1ccc(CN=C(NCCc2ccco2)NC2CCCC2)s1. The number of nitrogens with zero attached hydrogens (tertiary/aromatic N) is 1. The fourth-order valence-electron chi connectivity index (χ4n) is 2.90. The molecule has 0 spiro atoms. The molecule has 2 N–H and O–H groups in total. The van der Waals surface area contributed by atoms with E-state index in [-0.39, 0.29) is 0 Å². The normalized spacial score (nSPS) is 16.0. The van der Waals surface area contributed by atoms with Gasteiger partial charge in [-0.3, -0.25) is 0 Å². The van der Waals surface area contributed by atoms with Crippen molar-refractivity contribution in [2.45, 2.75) is 51.6 Å². The number of guanidine groups is 1. The van der Waals surface area contributed by atoms with Crippen molar-refractivity contribution in [1.29, 1.82) is 0 Å². The lowest BCUT2D eigenvalue weighted by Gasteiger charge is -2.17. The molecule has 4 nitrogen and oxygen atoms in total. The summed E-state index contributed by atoms with van der Waals surface area (Å²) in [5.41, 5.74) is 0. The molecule has 2 heterocycles. The Morgan fingerprint density at radius 2 is 2.17 bits per heavy atom. The molecule has 5 heteroatoms. The molecule has 1 saturated carbocycles. The van der Waals surface area contributed by atoms with Gasteiger partial charge in [0.25, 0.3) is 0 Å². The zero-order chi connectivity index (χ0) is 15.9. The molecule has 2 aromatic heterocycles. The zero-order valence-corrected chi connectivity index (χ0v) is 14.5. The third-order valence-electron chi connectivity index (χ3n) is 4.13. The number of hydrogen-bond donors (Lipinski definition) is 2. The van der Waals surface area contributed by atoms with Crippen molar-refractivity contribution >= 4 is 17.3 Å². The van der Waals surface area contributed by atoms with Crippen LogP contribution in [0.15, 0.2) is 39.9 Å². The topological polar surface area (TPSA) is 49.6 Å². The fourth-order valence-corrected chi connectivity index (χ4v) is 3.72. The van der Waals surface area contributed by atoms with Crippen LogP contribution in [0.5, 0.6) is 0 Å². The minimum absolute atomic E-state index is 0.565. The Hall–Kier alpha value is -1.75. The van der Waals surface area contributed by atoms with Crippen molar-refractivity contribution < 1.29 is 4.42 Å². The van der Waals surface area contributed by atoms with E-state index in [1.165, 1.54) is 35.4 Å². The fraction of sp³-hybridized carbons (Fsp3) is 0.500. The van der Waals surface area contributed by atoms with E-state index < -0.39 is 0 Å². The zero-order valence-electron chi connectivity index (χ0n) is 13.7. The van der Waals surface area contributed by atoms with Gasteiger partial charge in [0.05, 0.1) is 12.8 Å². The van der Waals surface area contributed by atoms with E-state index in [1.54, 1.807) is 6.26 Å². The second-order valence-corrected chi connectivity index (χ2v) is 7.43. The first-order valence-corrected chi connectivity index (χ1v) is 9.24. The summed E-state index contributed by atoms with van der Waals surface area (Å²) in [5, 5.41) is 7.03. The second kappa shape index (κ2) is 8.20. The van der Waals surface area contributed by atoms with Crippen LogP contribution in [0.1, 0.15) is 41.2 Å². The number of nitrogens with one attached hydrogen (secondary N) is 2. The molecule has 3 rings (SSSR count). The minimum Gasteiger partial charge on any atom is -0.469 e. The summed E-state index contributed by atoms with van der Waals surface area (Å²) in [6, 6.07) is 8.83. The van der Waals surface area contributed by atoms with Gasteiger partial charge >= 0.3 is 0 Å². The molecule has 0 amide bonds. The van der Waals surface area contributed by atoms with Crippen molar-refractivity contribution in [3.8, 4) is 0 Å². The Morgan fingerprint density at radius 1 is 1.30 bits per heavy atom. The van der Waals surface area contributed by atoms with E-state index >= 15 is 0 Å². The molecule has 1 fully saturated rings. The molecular formula is C18H25N3OS. The third-order valence-corrected chi connectivity index (χ3v) is 5.11. The van der Waals surface area contributed by atoms with E-state index in [1.807, 2.05) is 23.5 Å². The van der Waals surface area contributed by atoms with Crippen molar-refractivity contribution in [3.05, 3.63) is 46.0 Å². The Balaban J connectivity index is 1.55. The maximum Gasteiger partial charge on any atom is 0.191 e. The van der Waals surface area contributed by atoms with E-state index in [0.717, 1.165) is 31.2 Å². The van der Waals surface area contributed by atoms with Gasteiger partial charge in [0, 0.05) is 28.8 Å². The summed E-state index contributed by atoms with van der Waals surface area (Å²) in [4.78, 5) is 7.41. The highest BCUT2D eigenvalue weighted by atomic mass is 32.1. The Morgan fingerprint density at radius 3 is 2.87 bits per heavy atom. The molecule has 0 atom stereocenters. The van der Waals surface area contributed by atoms with E-state index in [4.69, 9.17) is 9.41 Å². The Bertz CT molecular complexity index is 612. The van der Waals surface area contributed by atoms with Gasteiger partial charge in [-0.15, -0.1) is 11.3 Å². The van der Waals surface area contributed by atoms with E-state index in [9.17, 15) is 0 Å². The highest BCUT2D eigenvalue weighted by molar-refractivity contribution is 7.11. The summed E-state index contributed by atoms with van der Waals surface area (Å²) in [6.07, 6.45) is 7.73. The second-order valence-electron chi connectivity index (χ2n) is 6.06. The molecule has 0 bridgehead atoms. The number of furan rings is 1. The molecular weight excluding hydrogens is 306 g/mol. The van der Waals surface area contributed by atoms with Crippen LogP contribution >= 0.6 is 11.3 Å². The average Bonchev–Trinajstić information content (AvgIpc) is 3.27. The molecule has 0 aliphatic heterocycles. The van der Waals surface area contributed by atoms with Gasteiger partial charge in [0.15, 0.2) is 5.96 Å². The first-order chi connectivity index (χ1) is 11.3. The Labute approximate surface area is 142 Å². The van der Waals surface area contributed by atoms with Crippen LogP contribution in [-0.4, -0.2) is 18.5 Å². The summed E-state index contributed by atoms with van der Waals surface area (Å²) in [6.45, 7) is 3.70. The van der Waals surface area contributed by atoms with Crippen LogP contribution in [0.4, 0.5) is 0 Å². The first kappa shape index (κ1) is 16.1. The highest BCUT2D eigenvalue weighted by Crippen LogP contribution is 2.18. The molecule has 0 unspecified atom stereocenters. The lowest BCUT2D eigenvalue weighted by Crippen LogP contribution is -2.43.